The standard InChI is InChI=1S/C13H22N4/c1-3-12(9-14-6-1)15-10-13(4-5-13)11-17-8-2-7-16-17/h2,7-8,12,14-15H,1,3-6,9-11H2. The lowest BCUT2D eigenvalue weighted by Crippen LogP contribution is -2.45. The molecule has 1 aromatic rings. The molecule has 2 fully saturated rings. The molecule has 0 bridgehead atoms. The van der Waals surface area contributed by atoms with Crippen LogP contribution in [-0.4, -0.2) is 35.5 Å². The van der Waals surface area contributed by atoms with Crippen molar-refractivity contribution in [2.45, 2.75) is 38.3 Å². The lowest BCUT2D eigenvalue weighted by Gasteiger charge is -2.26. The molecule has 1 saturated carbocycles. The molecule has 0 spiro atoms. The third-order valence-electron chi connectivity index (χ3n) is 4.08. The molecule has 0 amide bonds. The minimum absolute atomic E-state index is 0.490. The molecule has 1 aliphatic carbocycles. The van der Waals surface area contributed by atoms with Crippen LogP contribution in [0, 0.1) is 5.41 Å². The Morgan fingerprint density at radius 3 is 3.06 bits per heavy atom. The minimum Gasteiger partial charge on any atom is -0.315 e. The van der Waals surface area contributed by atoms with Crippen LogP contribution in [0.15, 0.2) is 18.5 Å². The predicted molar refractivity (Wildman–Crippen MR) is 67.8 cm³/mol. The molecule has 0 aromatic carbocycles. The van der Waals surface area contributed by atoms with Gasteiger partial charge in [-0.1, -0.05) is 0 Å². The second-order valence-corrected chi connectivity index (χ2v) is 5.63. The van der Waals surface area contributed by atoms with Crippen molar-refractivity contribution in [3.05, 3.63) is 18.5 Å². The Morgan fingerprint density at radius 1 is 1.47 bits per heavy atom. The van der Waals surface area contributed by atoms with Gasteiger partial charge >= 0.3 is 0 Å². The maximum atomic E-state index is 4.31. The highest BCUT2D eigenvalue weighted by Crippen LogP contribution is 2.46. The molecule has 3 rings (SSSR count). The summed E-state index contributed by atoms with van der Waals surface area (Å²) in [5.74, 6) is 0. The molecule has 2 N–H and O–H groups in total. The van der Waals surface area contributed by atoms with Gasteiger partial charge in [-0.15, -0.1) is 0 Å². The molecule has 1 aliphatic heterocycles. The van der Waals surface area contributed by atoms with Gasteiger partial charge < -0.3 is 10.6 Å². The number of hydrogen-bond acceptors (Lipinski definition) is 3. The summed E-state index contributed by atoms with van der Waals surface area (Å²) in [4.78, 5) is 0. The van der Waals surface area contributed by atoms with Crippen LogP contribution in [-0.2, 0) is 6.54 Å². The van der Waals surface area contributed by atoms with E-state index in [1.165, 1.54) is 32.2 Å². The fraction of sp³-hybridized carbons (Fsp3) is 0.769. The van der Waals surface area contributed by atoms with Crippen LogP contribution in [0.2, 0.25) is 0 Å². The topological polar surface area (TPSA) is 41.9 Å². The van der Waals surface area contributed by atoms with Gasteiger partial charge in [-0.25, -0.2) is 0 Å². The molecule has 0 radical (unpaired) electrons. The minimum atomic E-state index is 0.490. The van der Waals surface area contributed by atoms with Gasteiger partial charge in [0, 0.05) is 43.5 Å². The van der Waals surface area contributed by atoms with E-state index in [9.17, 15) is 0 Å². The van der Waals surface area contributed by atoms with Gasteiger partial charge in [0.25, 0.3) is 0 Å². The van der Waals surface area contributed by atoms with E-state index in [-0.39, 0.29) is 0 Å². The Hall–Kier alpha value is -0.870. The van der Waals surface area contributed by atoms with Crippen molar-refractivity contribution in [3.8, 4) is 0 Å². The van der Waals surface area contributed by atoms with E-state index in [2.05, 4.69) is 26.6 Å². The Balaban J connectivity index is 1.47. The monoisotopic (exact) mass is 234 g/mol. The van der Waals surface area contributed by atoms with Crippen molar-refractivity contribution in [2.75, 3.05) is 19.6 Å². The number of aromatic nitrogens is 2. The van der Waals surface area contributed by atoms with Crippen molar-refractivity contribution in [1.82, 2.24) is 20.4 Å². The predicted octanol–water partition coefficient (Wildman–Crippen LogP) is 1.00. The average Bonchev–Trinajstić information content (AvgIpc) is 2.93. The number of hydrogen-bond donors (Lipinski definition) is 2. The van der Waals surface area contributed by atoms with Crippen molar-refractivity contribution >= 4 is 0 Å². The van der Waals surface area contributed by atoms with Crippen LogP contribution in [0.4, 0.5) is 0 Å². The molecule has 2 heterocycles. The number of piperidine rings is 1. The Kier molecular flexibility index (Phi) is 3.16. The molecule has 1 aromatic heterocycles. The van der Waals surface area contributed by atoms with Crippen LogP contribution >= 0.6 is 0 Å². The summed E-state index contributed by atoms with van der Waals surface area (Å²) in [6, 6.07) is 2.69. The van der Waals surface area contributed by atoms with Crippen LogP contribution in [0.3, 0.4) is 0 Å². The molecule has 1 unspecified atom stereocenters. The zero-order chi connectivity index (χ0) is 11.6. The van der Waals surface area contributed by atoms with Gasteiger partial charge in [-0.2, -0.15) is 5.10 Å². The largest absolute Gasteiger partial charge is 0.315 e. The van der Waals surface area contributed by atoms with Crippen molar-refractivity contribution in [3.63, 3.8) is 0 Å². The van der Waals surface area contributed by atoms with Gasteiger partial charge in [0.05, 0.1) is 0 Å². The maximum Gasteiger partial charge on any atom is 0.0489 e. The van der Waals surface area contributed by atoms with E-state index in [0.29, 0.717) is 11.5 Å². The fourth-order valence-corrected chi connectivity index (χ4v) is 2.69. The van der Waals surface area contributed by atoms with Gasteiger partial charge in [0.2, 0.25) is 0 Å². The van der Waals surface area contributed by atoms with Gasteiger partial charge in [0.15, 0.2) is 0 Å². The van der Waals surface area contributed by atoms with Gasteiger partial charge in [-0.3, -0.25) is 4.68 Å². The summed E-state index contributed by atoms with van der Waals surface area (Å²) >= 11 is 0. The van der Waals surface area contributed by atoms with Gasteiger partial charge in [-0.05, 0) is 38.3 Å². The first kappa shape index (κ1) is 11.2. The van der Waals surface area contributed by atoms with Gasteiger partial charge in [0.1, 0.15) is 0 Å². The summed E-state index contributed by atoms with van der Waals surface area (Å²) in [5, 5.41) is 11.5. The summed E-state index contributed by atoms with van der Waals surface area (Å²) in [5.41, 5.74) is 0.490. The normalized spacial score (nSPS) is 26.9. The smallest absolute Gasteiger partial charge is 0.0489 e. The highest BCUT2D eigenvalue weighted by Gasteiger charge is 2.43. The van der Waals surface area contributed by atoms with E-state index in [1.807, 2.05) is 12.3 Å². The quantitative estimate of drug-likeness (QED) is 0.799. The number of rotatable bonds is 5. The van der Waals surface area contributed by atoms with Crippen LogP contribution in [0.1, 0.15) is 25.7 Å². The van der Waals surface area contributed by atoms with E-state index in [1.54, 1.807) is 0 Å². The molecule has 1 atom stereocenters. The number of nitrogens with zero attached hydrogens (tertiary/aromatic N) is 2. The van der Waals surface area contributed by atoms with E-state index < -0.39 is 0 Å². The number of nitrogens with one attached hydrogen (secondary N) is 2. The zero-order valence-electron chi connectivity index (χ0n) is 10.4. The molecule has 94 valence electrons. The van der Waals surface area contributed by atoms with E-state index in [0.717, 1.165) is 19.6 Å². The second kappa shape index (κ2) is 4.78. The van der Waals surface area contributed by atoms with Crippen LogP contribution in [0.25, 0.3) is 0 Å². The first-order valence-corrected chi connectivity index (χ1v) is 6.78. The Morgan fingerprint density at radius 2 is 2.41 bits per heavy atom. The third-order valence-corrected chi connectivity index (χ3v) is 4.08. The third kappa shape index (κ3) is 2.87. The van der Waals surface area contributed by atoms with E-state index in [4.69, 9.17) is 0 Å². The zero-order valence-corrected chi connectivity index (χ0v) is 10.4. The molecule has 4 heteroatoms. The maximum absolute atomic E-state index is 4.31. The summed E-state index contributed by atoms with van der Waals surface area (Å²) in [6.07, 6.45) is 9.27. The summed E-state index contributed by atoms with van der Waals surface area (Å²) < 4.78 is 2.08. The lowest BCUT2D eigenvalue weighted by atomic mass is 10.0. The Labute approximate surface area is 103 Å². The fourth-order valence-electron chi connectivity index (χ4n) is 2.69. The van der Waals surface area contributed by atoms with Crippen molar-refractivity contribution < 1.29 is 0 Å². The molecular weight excluding hydrogens is 212 g/mol. The molecule has 17 heavy (non-hydrogen) atoms. The van der Waals surface area contributed by atoms with E-state index >= 15 is 0 Å². The highest BCUT2D eigenvalue weighted by molar-refractivity contribution is 4.96. The lowest BCUT2D eigenvalue weighted by molar-refractivity contribution is 0.320. The molecule has 4 nitrogen and oxygen atoms in total. The van der Waals surface area contributed by atoms with Crippen molar-refractivity contribution in [1.29, 1.82) is 0 Å². The Bertz CT molecular complexity index is 336. The van der Waals surface area contributed by atoms with Crippen molar-refractivity contribution in [2.24, 2.45) is 5.41 Å². The molecular formula is C13H22N4. The second-order valence-electron chi connectivity index (χ2n) is 5.63. The average molecular weight is 234 g/mol. The molecule has 1 saturated heterocycles. The first-order valence-electron chi connectivity index (χ1n) is 6.78. The summed E-state index contributed by atoms with van der Waals surface area (Å²) in [7, 11) is 0. The highest BCUT2D eigenvalue weighted by atomic mass is 15.3. The van der Waals surface area contributed by atoms with Crippen LogP contribution in [0.5, 0.6) is 0 Å². The first-order chi connectivity index (χ1) is 8.36. The molecule has 2 aliphatic rings. The summed E-state index contributed by atoms with van der Waals surface area (Å²) in [6.45, 7) is 4.56. The SMILES string of the molecule is c1cnn(CC2(CNC3CCCNC3)CC2)c1. The van der Waals surface area contributed by atoms with Crippen LogP contribution < -0.4 is 10.6 Å².